The lowest BCUT2D eigenvalue weighted by Gasteiger charge is -2.09. The normalized spacial score (nSPS) is 10.2. The maximum Gasteiger partial charge on any atom is 0.226 e. The number of ether oxygens (including phenoxy) is 2. The van der Waals surface area contributed by atoms with Gasteiger partial charge in [0.25, 0.3) is 0 Å². The topological polar surface area (TPSA) is 56.3 Å². The third-order valence-corrected chi connectivity index (χ3v) is 2.71. The molecule has 0 atom stereocenters. The van der Waals surface area contributed by atoms with Crippen molar-refractivity contribution in [3.63, 3.8) is 0 Å². The van der Waals surface area contributed by atoms with Crippen LogP contribution in [0, 0.1) is 6.92 Å². The van der Waals surface area contributed by atoms with Crippen LogP contribution in [-0.2, 0) is 6.54 Å². The number of methoxy groups -OCH3 is 1. The summed E-state index contributed by atoms with van der Waals surface area (Å²) in [7, 11) is 1.66. The molecule has 0 aliphatic carbocycles. The average Bonchev–Trinajstić information content (AvgIpc) is 2.45. The van der Waals surface area contributed by atoms with E-state index in [-0.39, 0.29) is 0 Å². The molecule has 1 heterocycles. The summed E-state index contributed by atoms with van der Waals surface area (Å²) in [6.45, 7) is 5.07. The zero-order valence-corrected chi connectivity index (χ0v) is 12.0. The van der Waals surface area contributed by atoms with Gasteiger partial charge in [-0.3, -0.25) is 0 Å². The van der Waals surface area contributed by atoms with E-state index in [9.17, 15) is 0 Å². The molecule has 0 aliphatic rings. The Balaban J connectivity index is 2.06. The van der Waals surface area contributed by atoms with E-state index >= 15 is 0 Å². The van der Waals surface area contributed by atoms with Gasteiger partial charge in [-0.2, -0.15) is 4.98 Å². The smallest absolute Gasteiger partial charge is 0.226 e. The summed E-state index contributed by atoms with van der Waals surface area (Å²) < 4.78 is 10.6. The van der Waals surface area contributed by atoms with Crippen molar-refractivity contribution in [2.45, 2.75) is 20.4 Å². The molecule has 0 radical (unpaired) electrons. The number of aryl methyl sites for hydroxylation is 1. The van der Waals surface area contributed by atoms with Crippen molar-refractivity contribution in [1.29, 1.82) is 0 Å². The Morgan fingerprint density at radius 2 is 2.05 bits per heavy atom. The number of hydrogen-bond acceptors (Lipinski definition) is 5. The molecule has 0 aliphatic heterocycles. The van der Waals surface area contributed by atoms with E-state index in [1.165, 1.54) is 0 Å². The highest BCUT2D eigenvalue weighted by molar-refractivity contribution is 5.34. The Kier molecular flexibility index (Phi) is 4.76. The first-order valence-electron chi connectivity index (χ1n) is 6.56. The van der Waals surface area contributed by atoms with Crippen molar-refractivity contribution in [2.24, 2.45) is 0 Å². The summed E-state index contributed by atoms with van der Waals surface area (Å²) in [5.74, 6) is 1.99. The minimum Gasteiger partial charge on any atom is -0.497 e. The standard InChI is InChI=1S/C15H19N3O2/c1-4-20-14-8-11(2)17-15(18-14)16-10-12-6-5-7-13(9-12)19-3/h5-9H,4,10H2,1-3H3,(H,16,17,18). The maximum atomic E-state index is 5.40. The molecule has 0 saturated heterocycles. The van der Waals surface area contributed by atoms with Crippen LogP contribution in [-0.4, -0.2) is 23.7 Å². The fourth-order valence-corrected chi connectivity index (χ4v) is 1.80. The van der Waals surface area contributed by atoms with E-state index in [0.717, 1.165) is 17.0 Å². The van der Waals surface area contributed by atoms with Crippen LogP contribution in [0.4, 0.5) is 5.95 Å². The van der Waals surface area contributed by atoms with Gasteiger partial charge in [0.05, 0.1) is 13.7 Å². The van der Waals surface area contributed by atoms with Crippen LogP contribution < -0.4 is 14.8 Å². The quantitative estimate of drug-likeness (QED) is 0.877. The summed E-state index contributed by atoms with van der Waals surface area (Å²) in [5, 5.41) is 3.19. The van der Waals surface area contributed by atoms with Gasteiger partial charge in [0.2, 0.25) is 11.8 Å². The Hall–Kier alpha value is -2.30. The molecule has 0 bridgehead atoms. The van der Waals surface area contributed by atoms with Gasteiger partial charge >= 0.3 is 0 Å². The lowest BCUT2D eigenvalue weighted by molar-refractivity contribution is 0.326. The fraction of sp³-hybridized carbons (Fsp3) is 0.333. The number of rotatable bonds is 6. The first-order chi connectivity index (χ1) is 9.71. The van der Waals surface area contributed by atoms with Crippen LogP contribution in [0.25, 0.3) is 0 Å². The first kappa shape index (κ1) is 14.1. The van der Waals surface area contributed by atoms with Crippen molar-refractivity contribution in [1.82, 2.24) is 9.97 Å². The molecule has 1 aromatic carbocycles. The molecule has 2 rings (SSSR count). The zero-order valence-electron chi connectivity index (χ0n) is 12.0. The van der Waals surface area contributed by atoms with Crippen molar-refractivity contribution < 1.29 is 9.47 Å². The lowest BCUT2D eigenvalue weighted by atomic mass is 10.2. The molecule has 2 aromatic rings. The minimum atomic E-state index is 0.566. The Morgan fingerprint density at radius 3 is 2.80 bits per heavy atom. The van der Waals surface area contributed by atoms with Crippen molar-refractivity contribution in [3.8, 4) is 11.6 Å². The summed E-state index contributed by atoms with van der Waals surface area (Å²) in [6.07, 6.45) is 0. The third-order valence-electron chi connectivity index (χ3n) is 2.71. The number of nitrogens with one attached hydrogen (secondary N) is 1. The van der Waals surface area contributed by atoms with E-state index in [1.54, 1.807) is 7.11 Å². The summed E-state index contributed by atoms with van der Waals surface area (Å²) >= 11 is 0. The Morgan fingerprint density at radius 1 is 1.20 bits per heavy atom. The van der Waals surface area contributed by atoms with Gasteiger partial charge in [-0.15, -0.1) is 0 Å². The van der Waals surface area contributed by atoms with E-state index in [4.69, 9.17) is 9.47 Å². The molecule has 0 fully saturated rings. The summed E-state index contributed by atoms with van der Waals surface area (Å²) in [6, 6.07) is 9.69. The van der Waals surface area contributed by atoms with Gasteiger partial charge in [-0.1, -0.05) is 12.1 Å². The SMILES string of the molecule is CCOc1cc(C)nc(NCc2cccc(OC)c2)n1. The molecule has 0 saturated carbocycles. The zero-order chi connectivity index (χ0) is 14.4. The van der Waals surface area contributed by atoms with E-state index in [1.807, 2.05) is 44.2 Å². The van der Waals surface area contributed by atoms with E-state index in [0.29, 0.717) is 25.0 Å². The van der Waals surface area contributed by atoms with Gasteiger partial charge in [0.1, 0.15) is 5.75 Å². The molecule has 1 N–H and O–H groups in total. The van der Waals surface area contributed by atoms with Crippen LogP contribution in [0.2, 0.25) is 0 Å². The molecule has 5 nitrogen and oxygen atoms in total. The van der Waals surface area contributed by atoms with Gasteiger partial charge in [-0.05, 0) is 31.5 Å². The molecule has 106 valence electrons. The van der Waals surface area contributed by atoms with Gasteiger partial charge in [0.15, 0.2) is 0 Å². The highest BCUT2D eigenvalue weighted by Crippen LogP contribution is 2.15. The minimum absolute atomic E-state index is 0.566. The second-order valence-corrected chi connectivity index (χ2v) is 4.31. The van der Waals surface area contributed by atoms with Crippen LogP contribution in [0.5, 0.6) is 11.6 Å². The van der Waals surface area contributed by atoms with Gasteiger partial charge < -0.3 is 14.8 Å². The highest BCUT2D eigenvalue weighted by atomic mass is 16.5. The molecule has 0 amide bonds. The third kappa shape index (κ3) is 3.85. The molecule has 0 spiro atoms. The largest absolute Gasteiger partial charge is 0.497 e. The molecule has 20 heavy (non-hydrogen) atoms. The van der Waals surface area contributed by atoms with Crippen LogP contribution in [0.15, 0.2) is 30.3 Å². The number of nitrogens with zero attached hydrogens (tertiary/aromatic N) is 2. The predicted octanol–water partition coefficient (Wildman–Crippen LogP) is 2.80. The molecular weight excluding hydrogens is 254 g/mol. The summed E-state index contributed by atoms with van der Waals surface area (Å²) in [4.78, 5) is 8.65. The second-order valence-electron chi connectivity index (χ2n) is 4.31. The monoisotopic (exact) mass is 273 g/mol. The van der Waals surface area contributed by atoms with Crippen molar-refractivity contribution >= 4 is 5.95 Å². The van der Waals surface area contributed by atoms with Crippen LogP contribution in [0.3, 0.4) is 0 Å². The molecule has 0 unspecified atom stereocenters. The van der Waals surface area contributed by atoms with E-state index in [2.05, 4.69) is 15.3 Å². The Labute approximate surface area is 119 Å². The second kappa shape index (κ2) is 6.75. The van der Waals surface area contributed by atoms with Crippen LogP contribution >= 0.6 is 0 Å². The van der Waals surface area contributed by atoms with Gasteiger partial charge in [0, 0.05) is 18.3 Å². The van der Waals surface area contributed by atoms with Crippen LogP contribution in [0.1, 0.15) is 18.2 Å². The van der Waals surface area contributed by atoms with E-state index < -0.39 is 0 Å². The first-order valence-corrected chi connectivity index (χ1v) is 6.56. The molecular formula is C15H19N3O2. The lowest BCUT2D eigenvalue weighted by Crippen LogP contribution is -2.06. The number of anilines is 1. The van der Waals surface area contributed by atoms with Gasteiger partial charge in [-0.25, -0.2) is 4.98 Å². The number of aromatic nitrogens is 2. The van der Waals surface area contributed by atoms with Crippen molar-refractivity contribution in [3.05, 3.63) is 41.6 Å². The Bertz CT molecular complexity index is 573. The predicted molar refractivity (Wildman–Crippen MR) is 78.3 cm³/mol. The van der Waals surface area contributed by atoms with Crippen molar-refractivity contribution in [2.75, 3.05) is 19.0 Å². The number of benzene rings is 1. The summed E-state index contributed by atoms with van der Waals surface area (Å²) in [5.41, 5.74) is 1.98. The average molecular weight is 273 g/mol. The number of hydrogen-bond donors (Lipinski definition) is 1. The molecule has 5 heteroatoms. The fourth-order valence-electron chi connectivity index (χ4n) is 1.80. The highest BCUT2D eigenvalue weighted by Gasteiger charge is 2.03. The molecule has 1 aromatic heterocycles. The maximum absolute atomic E-state index is 5.40.